The van der Waals surface area contributed by atoms with Gasteiger partial charge in [-0.05, 0) is 113 Å². The highest BCUT2D eigenvalue weighted by Gasteiger charge is 2.37. The summed E-state index contributed by atoms with van der Waals surface area (Å²) in [6, 6.07) is 0. The van der Waals surface area contributed by atoms with Gasteiger partial charge in [0.15, 0.2) is 0 Å². The number of rotatable bonds is 1. The van der Waals surface area contributed by atoms with E-state index >= 15 is 0 Å². The Hall–Kier alpha value is -2.87. The van der Waals surface area contributed by atoms with E-state index in [1.165, 1.54) is 64.9 Å². The molecule has 5 heteroatoms. The van der Waals surface area contributed by atoms with Crippen molar-refractivity contribution in [1.82, 2.24) is 0 Å². The highest BCUT2D eigenvalue weighted by atomic mass is 16.5. The number of aliphatic hydroxyl groups is 1. The molecule has 2 saturated carbocycles. The molecule has 0 radical (unpaired) electrons. The van der Waals surface area contributed by atoms with E-state index in [-0.39, 0.29) is 17.1 Å². The summed E-state index contributed by atoms with van der Waals surface area (Å²) in [5, 5.41) is 9.93. The molecule has 1 N–H and O–H groups in total. The van der Waals surface area contributed by atoms with E-state index in [1.807, 2.05) is 0 Å². The number of hydrogen-bond acceptors (Lipinski definition) is 5. The second-order valence-corrected chi connectivity index (χ2v) is 13.2. The number of allylic oxidation sites excluding steroid dienone is 7. The zero-order valence-electron chi connectivity index (χ0n) is 25.8. The number of Topliss-reactive ketones (excluding diaryl/α,β-unsaturated/α-hetero) is 2. The average Bonchev–Trinajstić information content (AvgIpc) is 3.00. The van der Waals surface area contributed by atoms with Crippen molar-refractivity contribution in [3.05, 3.63) is 47.8 Å². The number of hydrogen-bond donors (Lipinski definition) is 1. The van der Waals surface area contributed by atoms with Gasteiger partial charge in [0.2, 0.25) is 0 Å². The Balaban J connectivity index is 0.000000170. The summed E-state index contributed by atoms with van der Waals surface area (Å²) in [5.41, 5.74) is 1.16. The highest BCUT2D eigenvalue weighted by Crippen LogP contribution is 2.46. The maximum absolute atomic E-state index is 11.4. The van der Waals surface area contributed by atoms with Crippen LogP contribution >= 0.6 is 0 Å². The average molecular weight is 577 g/mol. The fourth-order valence-corrected chi connectivity index (χ4v) is 7.84. The fourth-order valence-electron chi connectivity index (χ4n) is 7.84. The molecule has 6 aliphatic carbocycles. The van der Waals surface area contributed by atoms with Crippen molar-refractivity contribution in [1.29, 1.82) is 0 Å². The van der Waals surface area contributed by atoms with Crippen LogP contribution in [0.5, 0.6) is 0 Å². The second-order valence-electron chi connectivity index (χ2n) is 13.2. The number of terminal acetylenes is 1. The highest BCUT2D eigenvalue weighted by molar-refractivity contribution is 5.89. The van der Waals surface area contributed by atoms with Crippen LogP contribution in [0.2, 0.25) is 0 Å². The lowest BCUT2D eigenvalue weighted by molar-refractivity contribution is -0.136. The maximum Gasteiger partial charge on any atom is 0.337 e. The zero-order valence-corrected chi connectivity index (χ0v) is 25.8. The molecule has 0 bridgehead atoms. The number of esters is 1. The van der Waals surface area contributed by atoms with Crippen LogP contribution in [0.4, 0.5) is 0 Å². The van der Waals surface area contributed by atoms with Gasteiger partial charge in [-0.1, -0.05) is 36.5 Å². The van der Waals surface area contributed by atoms with Gasteiger partial charge in [0.25, 0.3) is 0 Å². The molecule has 0 aromatic carbocycles. The first-order valence-electron chi connectivity index (χ1n) is 16.2. The third kappa shape index (κ3) is 9.32. The molecule has 42 heavy (non-hydrogen) atoms. The summed E-state index contributed by atoms with van der Waals surface area (Å²) in [6.45, 7) is 0. The topological polar surface area (TPSA) is 80.7 Å². The first kappa shape index (κ1) is 33.6. The number of carbonyl (C=O) groups excluding carboxylic acids is 3. The third-order valence-corrected chi connectivity index (χ3v) is 10.1. The number of ether oxygens (including phenoxy) is 1. The molecule has 0 unspecified atom stereocenters. The van der Waals surface area contributed by atoms with Crippen LogP contribution in [0.3, 0.4) is 0 Å². The normalized spacial score (nSPS) is 31.8. The predicted octanol–water partition coefficient (Wildman–Crippen LogP) is 8.84. The van der Waals surface area contributed by atoms with E-state index in [1.54, 1.807) is 0 Å². The summed E-state index contributed by atoms with van der Waals surface area (Å²) < 4.78 is 4.66. The minimum absolute atomic E-state index is 0.0971. The summed E-state index contributed by atoms with van der Waals surface area (Å²) in [6.07, 6.45) is 42.7. The van der Waals surface area contributed by atoms with Gasteiger partial charge in [-0.2, -0.15) is 0 Å². The Bertz CT molecular complexity index is 1040. The number of ketones is 2. The van der Waals surface area contributed by atoms with Crippen LogP contribution in [0.25, 0.3) is 0 Å². The zero-order chi connectivity index (χ0) is 30.5. The summed E-state index contributed by atoms with van der Waals surface area (Å²) >= 11 is 0. The molecule has 0 amide bonds. The van der Waals surface area contributed by atoms with E-state index in [9.17, 15) is 19.5 Å². The van der Waals surface area contributed by atoms with E-state index in [0.29, 0.717) is 40.8 Å². The monoisotopic (exact) mass is 576 g/mol. The Morgan fingerprint density at radius 1 is 0.667 bits per heavy atom. The van der Waals surface area contributed by atoms with E-state index in [0.717, 1.165) is 57.8 Å². The van der Waals surface area contributed by atoms with Gasteiger partial charge < -0.3 is 9.84 Å². The minimum Gasteiger partial charge on any atom is -0.512 e. The van der Waals surface area contributed by atoms with Crippen LogP contribution in [0, 0.1) is 29.1 Å². The molecule has 0 aromatic heterocycles. The quantitative estimate of drug-likeness (QED) is 0.192. The van der Waals surface area contributed by atoms with Gasteiger partial charge in [-0.3, -0.25) is 9.59 Å². The fraction of sp³-hybridized carbons (Fsp3) is 0.649. The molecule has 230 valence electrons. The van der Waals surface area contributed by atoms with E-state index in [2.05, 4.69) is 54.0 Å². The SMILES string of the molecule is C#C.COC(=O)C1=C(O)C[C@]2(C=CCCC2)CC1.O=C1CCC[C@@]2(C=CCCC2)C1.O=C1CCC[C@@]2(C=CCCC2)C1. The molecule has 2 fully saturated rings. The minimum atomic E-state index is -0.382. The molecular weight excluding hydrogens is 524 g/mol. The maximum atomic E-state index is 11.4. The van der Waals surface area contributed by atoms with Gasteiger partial charge in [0, 0.05) is 32.1 Å². The molecule has 5 nitrogen and oxygen atoms in total. The molecule has 0 heterocycles. The molecule has 6 aliphatic rings. The molecular formula is C37H52O5. The van der Waals surface area contributed by atoms with Crippen LogP contribution < -0.4 is 0 Å². The first-order chi connectivity index (χ1) is 20.3. The smallest absolute Gasteiger partial charge is 0.337 e. The van der Waals surface area contributed by atoms with E-state index in [4.69, 9.17) is 0 Å². The van der Waals surface area contributed by atoms with Crippen molar-refractivity contribution < 1.29 is 24.2 Å². The lowest BCUT2D eigenvalue weighted by Crippen LogP contribution is -2.28. The summed E-state index contributed by atoms with van der Waals surface area (Å²) in [4.78, 5) is 34.0. The molecule has 3 atom stereocenters. The van der Waals surface area contributed by atoms with Crippen molar-refractivity contribution in [2.45, 2.75) is 128 Å². The first-order valence-corrected chi connectivity index (χ1v) is 16.2. The van der Waals surface area contributed by atoms with Crippen molar-refractivity contribution in [3.63, 3.8) is 0 Å². The van der Waals surface area contributed by atoms with Crippen molar-refractivity contribution in [3.8, 4) is 12.8 Å². The van der Waals surface area contributed by atoms with Crippen molar-refractivity contribution >= 4 is 17.5 Å². The van der Waals surface area contributed by atoms with Crippen LogP contribution in [0.15, 0.2) is 47.8 Å². The predicted molar refractivity (Wildman–Crippen MR) is 169 cm³/mol. The number of aliphatic hydroxyl groups excluding tert-OH is 1. The summed E-state index contributed by atoms with van der Waals surface area (Å²) in [5.74, 6) is 0.803. The Morgan fingerprint density at radius 3 is 1.40 bits per heavy atom. The second kappa shape index (κ2) is 16.1. The molecule has 0 aliphatic heterocycles. The van der Waals surface area contributed by atoms with Gasteiger partial charge in [0.05, 0.1) is 12.7 Å². The number of methoxy groups -OCH3 is 1. The van der Waals surface area contributed by atoms with E-state index < -0.39 is 0 Å². The standard InChI is InChI=1S/C13H18O3.2C11H16O.C2H2/c1-16-12(15)10-5-8-13(9-11(10)14)6-3-2-4-7-13;2*12-10-5-4-8-11(9-10)6-2-1-3-7-11;1-2/h3,6,14H,2,4-5,7-9H2,1H3;2*2,6H,1,3-5,7-9H2;1-2H/t13-;2*11-;/m000./s1. The molecule has 3 spiro atoms. The van der Waals surface area contributed by atoms with Gasteiger partial charge >= 0.3 is 5.97 Å². The van der Waals surface area contributed by atoms with Crippen LogP contribution in [-0.2, 0) is 19.1 Å². The van der Waals surface area contributed by atoms with Gasteiger partial charge in [-0.25, -0.2) is 4.79 Å². The molecule has 0 aromatic rings. The Labute approximate surface area is 253 Å². The van der Waals surface area contributed by atoms with Gasteiger partial charge in [0.1, 0.15) is 17.3 Å². The lowest BCUT2D eigenvalue weighted by Gasteiger charge is -2.36. The molecule has 0 saturated heterocycles. The number of carbonyl (C=O) groups is 3. The summed E-state index contributed by atoms with van der Waals surface area (Å²) in [7, 11) is 1.35. The lowest BCUT2D eigenvalue weighted by atomic mass is 9.68. The van der Waals surface area contributed by atoms with Crippen molar-refractivity contribution in [2.75, 3.05) is 7.11 Å². The molecule has 6 rings (SSSR count). The largest absolute Gasteiger partial charge is 0.512 e. The van der Waals surface area contributed by atoms with Crippen LogP contribution in [0.1, 0.15) is 128 Å². The van der Waals surface area contributed by atoms with Gasteiger partial charge in [-0.15, -0.1) is 12.8 Å². The van der Waals surface area contributed by atoms with Crippen molar-refractivity contribution in [2.24, 2.45) is 16.2 Å². The third-order valence-electron chi connectivity index (χ3n) is 10.1. The van der Waals surface area contributed by atoms with Crippen LogP contribution in [-0.4, -0.2) is 29.8 Å². The Kier molecular flexibility index (Phi) is 12.9. The Morgan fingerprint density at radius 2 is 1.07 bits per heavy atom.